The predicted molar refractivity (Wildman–Crippen MR) is 75.5 cm³/mol. The van der Waals surface area contributed by atoms with Crippen molar-refractivity contribution in [3.05, 3.63) is 46.7 Å². The number of thiophene rings is 1. The summed E-state index contributed by atoms with van der Waals surface area (Å²) in [6.07, 6.45) is 7.71. The number of amides is 1. The van der Waals surface area contributed by atoms with Crippen molar-refractivity contribution in [1.29, 1.82) is 0 Å². The largest absolute Gasteiger partial charge is 0.478 e. The van der Waals surface area contributed by atoms with Crippen molar-refractivity contribution in [2.75, 3.05) is 6.54 Å². The average molecular weight is 291 g/mol. The molecule has 20 heavy (non-hydrogen) atoms. The quantitative estimate of drug-likeness (QED) is 0.789. The molecule has 0 aromatic carbocycles. The van der Waals surface area contributed by atoms with Gasteiger partial charge in [0.2, 0.25) is 0 Å². The molecule has 2 rings (SSSR count). The molecule has 0 aliphatic rings. The Balaban J connectivity index is 1.84. The zero-order valence-electron chi connectivity index (χ0n) is 10.5. The van der Waals surface area contributed by atoms with Crippen LogP contribution in [-0.4, -0.2) is 33.1 Å². The lowest BCUT2D eigenvalue weighted by atomic mass is 10.3. The van der Waals surface area contributed by atoms with Crippen molar-refractivity contribution < 1.29 is 14.7 Å². The van der Waals surface area contributed by atoms with E-state index in [1.165, 1.54) is 17.4 Å². The first kappa shape index (κ1) is 14.0. The third-order valence-electron chi connectivity index (χ3n) is 2.49. The molecule has 2 heterocycles. The number of carboxylic acid groups (broad SMARTS) is 1. The fraction of sp³-hybridized carbons (Fsp3) is 0.154. The molecule has 0 fully saturated rings. The highest BCUT2D eigenvalue weighted by atomic mass is 32.1. The Hall–Kier alpha value is -2.41. The van der Waals surface area contributed by atoms with Crippen LogP contribution in [0.2, 0.25) is 0 Å². The van der Waals surface area contributed by atoms with Crippen LogP contribution in [0.5, 0.6) is 0 Å². The monoisotopic (exact) mass is 291 g/mol. The van der Waals surface area contributed by atoms with Gasteiger partial charge < -0.3 is 15.0 Å². The van der Waals surface area contributed by atoms with E-state index < -0.39 is 5.97 Å². The Morgan fingerprint density at radius 1 is 1.50 bits per heavy atom. The molecule has 0 radical (unpaired) electrons. The molecule has 0 unspecified atom stereocenters. The van der Waals surface area contributed by atoms with Crippen molar-refractivity contribution in [3.63, 3.8) is 0 Å². The maximum absolute atomic E-state index is 11.9. The molecule has 2 N–H and O–H groups in total. The number of hydrogen-bond donors (Lipinski definition) is 2. The van der Waals surface area contributed by atoms with Gasteiger partial charge in [-0.15, -0.1) is 11.3 Å². The van der Waals surface area contributed by atoms with Crippen molar-refractivity contribution in [3.8, 4) is 0 Å². The van der Waals surface area contributed by atoms with Gasteiger partial charge in [-0.2, -0.15) is 0 Å². The molecule has 0 aliphatic heterocycles. The van der Waals surface area contributed by atoms with Gasteiger partial charge in [-0.1, -0.05) is 0 Å². The van der Waals surface area contributed by atoms with E-state index in [2.05, 4.69) is 10.3 Å². The lowest BCUT2D eigenvalue weighted by Gasteiger charge is -2.04. The molecular weight excluding hydrogens is 278 g/mol. The van der Waals surface area contributed by atoms with Crippen LogP contribution in [-0.2, 0) is 11.3 Å². The number of carboxylic acids is 1. The van der Waals surface area contributed by atoms with E-state index in [1.807, 2.05) is 10.8 Å². The van der Waals surface area contributed by atoms with Gasteiger partial charge in [-0.3, -0.25) is 4.79 Å². The molecule has 6 nitrogen and oxygen atoms in total. The SMILES string of the molecule is O=C(O)C=Cc1cc(C(=O)NCCn2ccnc2)cs1. The third kappa shape index (κ3) is 4.06. The van der Waals surface area contributed by atoms with E-state index in [0.29, 0.717) is 18.7 Å². The first-order valence-electron chi connectivity index (χ1n) is 5.88. The van der Waals surface area contributed by atoms with Crippen LogP contribution < -0.4 is 5.32 Å². The number of carbonyl (C=O) groups is 2. The molecule has 0 spiro atoms. The first-order chi connectivity index (χ1) is 9.65. The number of nitrogens with zero attached hydrogens (tertiary/aromatic N) is 2. The molecule has 0 atom stereocenters. The lowest BCUT2D eigenvalue weighted by molar-refractivity contribution is -0.131. The van der Waals surface area contributed by atoms with E-state index in [1.54, 1.807) is 24.0 Å². The summed E-state index contributed by atoms with van der Waals surface area (Å²) >= 11 is 1.32. The second-order valence-electron chi connectivity index (χ2n) is 3.97. The number of nitrogens with one attached hydrogen (secondary N) is 1. The summed E-state index contributed by atoms with van der Waals surface area (Å²) in [5.74, 6) is -1.18. The van der Waals surface area contributed by atoms with E-state index in [4.69, 9.17) is 5.11 Å². The number of aromatic nitrogens is 2. The van der Waals surface area contributed by atoms with Gasteiger partial charge >= 0.3 is 5.97 Å². The first-order valence-corrected chi connectivity index (χ1v) is 6.76. The molecule has 0 bridgehead atoms. The highest BCUT2D eigenvalue weighted by Gasteiger charge is 2.07. The molecule has 2 aromatic rings. The second-order valence-corrected chi connectivity index (χ2v) is 4.91. The number of rotatable bonds is 6. The van der Waals surface area contributed by atoms with Crippen LogP contribution >= 0.6 is 11.3 Å². The van der Waals surface area contributed by atoms with E-state index >= 15 is 0 Å². The van der Waals surface area contributed by atoms with E-state index in [-0.39, 0.29) is 5.91 Å². The Labute approximate surface area is 119 Å². The Bertz CT molecular complexity index is 617. The predicted octanol–water partition coefficient (Wildman–Crippen LogP) is 1.47. The summed E-state index contributed by atoms with van der Waals surface area (Å²) in [6, 6.07) is 1.66. The minimum Gasteiger partial charge on any atom is -0.478 e. The highest BCUT2D eigenvalue weighted by Crippen LogP contribution is 2.16. The molecule has 1 amide bonds. The topological polar surface area (TPSA) is 84.2 Å². The zero-order valence-corrected chi connectivity index (χ0v) is 11.3. The fourth-order valence-corrected chi connectivity index (χ4v) is 2.31. The fourth-order valence-electron chi connectivity index (χ4n) is 1.53. The molecule has 104 valence electrons. The van der Waals surface area contributed by atoms with Gasteiger partial charge in [0.15, 0.2) is 0 Å². The van der Waals surface area contributed by atoms with Crippen molar-refractivity contribution in [1.82, 2.24) is 14.9 Å². The van der Waals surface area contributed by atoms with Gasteiger partial charge in [-0.25, -0.2) is 9.78 Å². The van der Waals surface area contributed by atoms with Gasteiger partial charge in [0, 0.05) is 41.8 Å². The average Bonchev–Trinajstić information content (AvgIpc) is 3.07. The lowest BCUT2D eigenvalue weighted by Crippen LogP contribution is -2.26. The van der Waals surface area contributed by atoms with Crippen molar-refractivity contribution >= 4 is 29.3 Å². The summed E-state index contributed by atoms with van der Waals surface area (Å²) in [7, 11) is 0. The van der Waals surface area contributed by atoms with Crippen molar-refractivity contribution in [2.45, 2.75) is 6.54 Å². The number of aliphatic carboxylic acids is 1. The van der Waals surface area contributed by atoms with Crippen LogP contribution in [0.3, 0.4) is 0 Å². The summed E-state index contributed by atoms with van der Waals surface area (Å²) in [5.41, 5.74) is 0.533. The van der Waals surface area contributed by atoms with Gasteiger partial charge in [0.05, 0.1) is 11.9 Å². The normalized spacial score (nSPS) is 10.8. The van der Waals surface area contributed by atoms with Gasteiger partial charge in [-0.05, 0) is 12.1 Å². The Morgan fingerprint density at radius 2 is 2.35 bits per heavy atom. The number of carbonyl (C=O) groups excluding carboxylic acids is 1. The summed E-state index contributed by atoms with van der Waals surface area (Å²) in [6.45, 7) is 1.16. The van der Waals surface area contributed by atoms with Crippen LogP contribution in [0.15, 0.2) is 36.2 Å². The van der Waals surface area contributed by atoms with Crippen LogP contribution in [0.25, 0.3) is 6.08 Å². The molecule has 0 saturated heterocycles. The smallest absolute Gasteiger partial charge is 0.328 e. The molecule has 0 saturated carbocycles. The Kier molecular flexibility index (Phi) is 4.67. The highest BCUT2D eigenvalue weighted by molar-refractivity contribution is 7.11. The van der Waals surface area contributed by atoms with Crippen molar-refractivity contribution in [2.24, 2.45) is 0 Å². The molecule has 7 heteroatoms. The summed E-state index contributed by atoms with van der Waals surface area (Å²) < 4.78 is 1.87. The van der Waals surface area contributed by atoms with Crippen LogP contribution in [0.1, 0.15) is 15.2 Å². The summed E-state index contributed by atoms with van der Waals surface area (Å²) in [4.78, 5) is 26.9. The van der Waals surface area contributed by atoms with E-state index in [0.717, 1.165) is 11.0 Å². The van der Waals surface area contributed by atoms with Crippen LogP contribution in [0, 0.1) is 0 Å². The maximum Gasteiger partial charge on any atom is 0.328 e. The molecule has 0 aliphatic carbocycles. The minimum absolute atomic E-state index is 0.170. The third-order valence-corrected chi connectivity index (χ3v) is 3.38. The molecule has 2 aromatic heterocycles. The second kappa shape index (κ2) is 6.67. The van der Waals surface area contributed by atoms with E-state index in [9.17, 15) is 9.59 Å². The standard InChI is InChI=1S/C13H13N3O3S/c17-12(18)2-1-11-7-10(8-20-11)13(19)15-4-6-16-5-3-14-9-16/h1-3,5,7-9H,4,6H2,(H,15,19)(H,17,18). The number of hydrogen-bond acceptors (Lipinski definition) is 4. The Morgan fingerprint density at radius 3 is 3.05 bits per heavy atom. The van der Waals surface area contributed by atoms with Gasteiger partial charge in [0.25, 0.3) is 5.91 Å². The molecular formula is C13H13N3O3S. The number of imidazole rings is 1. The summed E-state index contributed by atoms with van der Waals surface area (Å²) in [5, 5.41) is 13.0. The zero-order chi connectivity index (χ0) is 14.4. The van der Waals surface area contributed by atoms with Crippen LogP contribution in [0.4, 0.5) is 0 Å². The van der Waals surface area contributed by atoms with Gasteiger partial charge in [0.1, 0.15) is 0 Å². The maximum atomic E-state index is 11.9. The minimum atomic E-state index is -1.01.